The lowest BCUT2D eigenvalue weighted by Crippen LogP contribution is -2.42. The van der Waals surface area contributed by atoms with E-state index in [4.69, 9.17) is 4.74 Å². The molecule has 0 bridgehead atoms. The molecule has 0 fully saturated rings. The van der Waals surface area contributed by atoms with E-state index in [2.05, 4.69) is 31.7 Å². The van der Waals surface area contributed by atoms with Crippen molar-refractivity contribution in [2.45, 2.75) is 32.4 Å². The predicted molar refractivity (Wildman–Crippen MR) is 155 cm³/mol. The first-order valence-corrected chi connectivity index (χ1v) is 13.5. The monoisotopic (exact) mass is 622 g/mol. The van der Waals surface area contributed by atoms with Gasteiger partial charge >= 0.3 is 12.1 Å². The van der Waals surface area contributed by atoms with E-state index in [1.807, 2.05) is 0 Å². The zero-order valence-electron chi connectivity index (χ0n) is 22.5. The van der Waals surface area contributed by atoms with Crippen LogP contribution in [0.2, 0.25) is 0 Å². The van der Waals surface area contributed by atoms with Crippen LogP contribution in [0.5, 0.6) is 0 Å². The van der Waals surface area contributed by atoms with Gasteiger partial charge in [0.2, 0.25) is 0 Å². The van der Waals surface area contributed by atoms with E-state index < -0.39 is 35.9 Å². The summed E-state index contributed by atoms with van der Waals surface area (Å²) in [4.78, 5) is 37.4. The molecule has 2 unspecified atom stereocenters. The van der Waals surface area contributed by atoms with Crippen molar-refractivity contribution >= 4 is 39.6 Å². The Morgan fingerprint density at radius 2 is 1.71 bits per heavy atom. The number of carboxylic acids is 1. The van der Waals surface area contributed by atoms with Crippen molar-refractivity contribution in [3.8, 4) is 11.3 Å². The van der Waals surface area contributed by atoms with Gasteiger partial charge in [0.1, 0.15) is 23.7 Å². The summed E-state index contributed by atoms with van der Waals surface area (Å²) in [5.41, 5.74) is 3.37. The quantitative estimate of drug-likeness (QED) is 0.209. The van der Waals surface area contributed by atoms with Gasteiger partial charge in [-0.3, -0.25) is 14.8 Å². The number of hydrogen-bond acceptors (Lipinski definition) is 5. The number of amides is 2. The first-order chi connectivity index (χ1) is 19.5. The summed E-state index contributed by atoms with van der Waals surface area (Å²) >= 11 is 3.34. The Balaban J connectivity index is 1.47. The van der Waals surface area contributed by atoms with E-state index in [0.717, 1.165) is 10.0 Å². The van der Waals surface area contributed by atoms with Crippen molar-refractivity contribution in [1.82, 2.24) is 15.1 Å². The number of carboxylic acid groups (broad SMARTS) is 1. The molecule has 3 N–H and O–H groups in total. The van der Waals surface area contributed by atoms with E-state index in [9.17, 15) is 23.9 Å². The van der Waals surface area contributed by atoms with Crippen molar-refractivity contribution in [2.24, 2.45) is 7.05 Å². The van der Waals surface area contributed by atoms with Crippen LogP contribution >= 0.6 is 15.9 Å². The van der Waals surface area contributed by atoms with Crippen molar-refractivity contribution in [3.05, 3.63) is 105 Å². The van der Waals surface area contributed by atoms with E-state index in [-0.39, 0.29) is 17.5 Å². The summed E-state index contributed by atoms with van der Waals surface area (Å²) in [6.07, 6.45) is -1.48. The molecule has 0 saturated carbocycles. The molecule has 1 aromatic heterocycles. The number of aromatic nitrogens is 2. The Hall–Kier alpha value is -4.51. The molecule has 9 nitrogen and oxygen atoms in total. The molecule has 4 rings (SSSR count). The van der Waals surface area contributed by atoms with Crippen LogP contribution in [0.15, 0.2) is 77.3 Å². The molecule has 0 aliphatic carbocycles. The number of nitrogens with zero attached hydrogens (tertiary/aromatic N) is 2. The third-order valence-corrected chi connectivity index (χ3v) is 7.09. The second kappa shape index (κ2) is 12.8. The number of halogens is 2. The second-order valence-corrected chi connectivity index (χ2v) is 10.3. The van der Waals surface area contributed by atoms with E-state index in [0.29, 0.717) is 22.6 Å². The molecule has 0 saturated heterocycles. The van der Waals surface area contributed by atoms with Crippen molar-refractivity contribution in [3.63, 3.8) is 0 Å². The normalized spacial score (nSPS) is 12.3. The minimum atomic E-state index is -1.14. The van der Waals surface area contributed by atoms with Crippen LogP contribution in [0, 0.1) is 12.7 Å². The van der Waals surface area contributed by atoms with E-state index in [1.54, 1.807) is 92.3 Å². The van der Waals surface area contributed by atoms with Crippen molar-refractivity contribution < 1.29 is 28.6 Å². The number of benzene rings is 3. The van der Waals surface area contributed by atoms with Gasteiger partial charge in [-0.2, -0.15) is 5.10 Å². The number of aliphatic carboxylic acids is 1. The van der Waals surface area contributed by atoms with Crippen LogP contribution < -0.4 is 10.6 Å². The fourth-order valence-electron chi connectivity index (χ4n) is 4.20. The first-order valence-electron chi connectivity index (χ1n) is 12.7. The lowest BCUT2D eigenvalue weighted by molar-refractivity contribution is -0.139. The maximum absolute atomic E-state index is 14.1. The Bertz CT molecular complexity index is 1570. The van der Waals surface area contributed by atoms with Crippen LogP contribution in [-0.2, 0) is 23.0 Å². The average Bonchev–Trinajstić information content (AvgIpc) is 3.22. The number of rotatable bonds is 9. The maximum Gasteiger partial charge on any atom is 0.412 e. The van der Waals surface area contributed by atoms with Crippen molar-refractivity contribution in [1.29, 1.82) is 0 Å². The van der Waals surface area contributed by atoms with Crippen LogP contribution in [-0.4, -0.2) is 38.9 Å². The number of carbonyl (C=O) groups excluding carboxylic acids is 2. The first kappa shape index (κ1) is 29.5. The second-order valence-electron chi connectivity index (χ2n) is 9.40. The lowest BCUT2D eigenvalue weighted by Gasteiger charge is -2.16. The molecular weight excluding hydrogens is 595 g/mol. The summed E-state index contributed by atoms with van der Waals surface area (Å²) in [7, 11) is 1.72. The van der Waals surface area contributed by atoms with E-state index in [1.165, 1.54) is 6.07 Å². The van der Waals surface area contributed by atoms with Gasteiger partial charge in [0.05, 0.1) is 11.4 Å². The molecule has 212 valence electrons. The fourth-order valence-corrected chi connectivity index (χ4v) is 4.46. The summed E-state index contributed by atoms with van der Waals surface area (Å²) < 4.78 is 22.0. The van der Waals surface area contributed by atoms with Gasteiger partial charge in [0, 0.05) is 34.6 Å². The van der Waals surface area contributed by atoms with Gasteiger partial charge in [0.15, 0.2) is 0 Å². The average molecular weight is 623 g/mol. The number of aryl methyl sites for hydroxylation is 1. The summed E-state index contributed by atoms with van der Waals surface area (Å²) in [5, 5.41) is 19.4. The predicted octanol–water partition coefficient (Wildman–Crippen LogP) is 6.03. The zero-order valence-corrected chi connectivity index (χ0v) is 24.1. The molecule has 2 amide bonds. The third-order valence-electron chi connectivity index (χ3n) is 6.57. The number of hydrogen-bond donors (Lipinski definition) is 3. The minimum absolute atomic E-state index is 0.125. The number of ether oxygens (including phenoxy) is 1. The van der Waals surface area contributed by atoms with Gasteiger partial charge in [-0.15, -0.1) is 0 Å². The molecule has 0 radical (unpaired) electrons. The fraction of sp³-hybridized carbons (Fsp3) is 0.200. The highest BCUT2D eigenvalue weighted by Gasteiger charge is 2.23. The van der Waals surface area contributed by atoms with Gasteiger partial charge in [-0.25, -0.2) is 14.0 Å². The van der Waals surface area contributed by atoms with Crippen LogP contribution in [0.25, 0.3) is 11.3 Å². The highest BCUT2D eigenvalue weighted by Crippen LogP contribution is 2.31. The van der Waals surface area contributed by atoms with Gasteiger partial charge in [-0.05, 0) is 49.7 Å². The summed E-state index contributed by atoms with van der Waals surface area (Å²) in [5.74, 6) is -2.16. The molecule has 0 spiro atoms. The lowest BCUT2D eigenvalue weighted by atomic mass is 10.0. The highest BCUT2D eigenvalue weighted by molar-refractivity contribution is 9.10. The molecule has 2 atom stereocenters. The summed E-state index contributed by atoms with van der Waals surface area (Å²) in [6, 6.07) is 18.5. The van der Waals surface area contributed by atoms with Crippen LogP contribution in [0.4, 0.5) is 14.9 Å². The topological polar surface area (TPSA) is 123 Å². The molecule has 0 aliphatic heterocycles. The number of carbonyl (C=O) groups is 3. The summed E-state index contributed by atoms with van der Waals surface area (Å²) in [6.45, 7) is 3.35. The highest BCUT2D eigenvalue weighted by atomic mass is 79.9. The molecule has 0 aliphatic rings. The smallest absolute Gasteiger partial charge is 0.412 e. The van der Waals surface area contributed by atoms with Crippen LogP contribution in [0.3, 0.4) is 0 Å². The maximum atomic E-state index is 14.1. The standard InChI is InChI=1S/C30H28BrFN4O5/c1-17-26(34-30(40)41-18(2)23-6-4-5-7-24(23)32)27(35-36(17)3)20-10-12-21(13-11-20)28(37)33-25(29(38)39)16-19-8-14-22(31)15-9-19/h4-15,18,25H,16H2,1-3H3,(H,33,37)(H,34,40)(H,38,39). The molecular formula is C30H28BrFN4O5. The Labute approximate surface area is 244 Å². The molecule has 41 heavy (non-hydrogen) atoms. The Morgan fingerprint density at radius 1 is 1.05 bits per heavy atom. The zero-order chi connectivity index (χ0) is 29.7. The Kier molecular flexibility index (Phi) is 9.18. The van der Waals surface area contributed by atoms with Gasteiger partial charge in [0.25, 0.3) is 5.91 Å². The largest absolute Gasteiger partial charge is 0.480 e. The van der Waals surface area contributed by atoms with E-state index >= 15 is 0 Å². The third kappa shape index (κ3) is 7.17. The van der Waals surface area contributed by atoms with Gasteiger partial charge < -0.3 is 15.2 Å². The Morgan fingerprint density at radius 3 is 2.34 bits per heavy atom. The molecule has 11 heteroatoms. The molecule has 4 aromatic rings. The van der Waals surface area contributed by atoms with Crippen molar-refractivity contribution in [2.75, 3.05) is 5.32 Å². The SMILES string of the molecule is Cc1c(NC(=O)OC(C)c2ccccc2F)c(-c2ccc(C(=O)NC(Cc3ccc(Br)cc3)C(=O)O)cc2)nn1C. The number of anilines is 1. The van der Waals surface area contributed by atoms with Crippen LogP contribution in [0.1, 0.15) is 40.2 Å². The molecule has 3 aromatic carbocycles. The van der Waals surface area contributed by atoms with Gasteiger partial charge in [-0.1, -0.05) is 58.4 Å². The minimum Gasteiger partial charge on any atom is -0.480 e. The number of nitrogens with one attached hydrogen (secondary N) is 2. The molecule has 1 heterocycles.